The summed E-state index contributed by atoms with van der Waals surface area (Å²) < 4.78 is 27.3. The lowest BCUT2D eigenvalue weighted by Gasteiger charge is -2.06. The van der Waals surface area contributed by atoms with Crippen molar-refractivity contribution in [1.29, 1.82) is 0 Å². The average Bonchev–Trinajstić information content (AvgIpc) is 2.15. The smallest absolute Gasteiger partial charge is 0.256 e. The Morgan fingerprint density at radius 2 is 2.00 bits per heavy atom. The number of hydrogen-bond donors (Lipinski definition) is 0. The predicted molar refractivity (Wildman–Crippen MR) is 56.3 cm³/mol. The average molecular weight is 249 g/mol. The molecular formula is C9H9ClO4S. The van der Waals surface area contributed by atoms with Crippen LogP contribution in [0.2, 0.25) is 0 Å². The van der Waals surface area contributed by atoms with E-state index in [0.29, 0.717) is 0 Å². The van der Waals surface area contributed by atoms with Crippen molar-refractivity contribution in [2.75, 3.05) is 13.4 Å². The lowest BCUT2D eigenvalue weighted by molar-refractivity contribution is 0.107. The van der Waals surface area contributed by atoms with Gasteiger partial charge >= 0.3 is 0 Å². The molecule has 0 amide bonds. The Bertz CT molecular complexity index is 493. The molecule has 1 rings (SSSR count). The van der Waals surface area contributed by atoms with Crippen molar-refractivity contribution in [1.82, 2.24) is 0 Å². The van der Waals surface area contributed by atoms with Gasteiger partial charge in [-0.3, -0.25) is 4.79 Å². The molecule has 0 aliphatic carbocycles. The third-order valence-electron chi connectivity index (χ3n) is 1.81. The Balaban J connectivity index is 3.38. The lowest BCUT2D eigenvalue weighted by Crippen LogP contribution is -2.01. The number of hydrogen-bond acceptors (Lipinski definition) is 4. The van der Waals surface area contributed by atoms with E-state index >= 15 is 0 Å². The molecule has 0 aromatic heterocycles. The van der Waals surface area contributed by atoms with E-state index in [1.807, 2.05) is 0 Å². The van der Waals surface area contributed by atoms with Gasteiger partial charge in [0.1, 0.15) is 5.75 Å². The molecule has 15 heavy (non-hydrogen) atoms. The number of halogens is 1. The number of methoxy groups -OCH3 is 1. The first-order chi connectivity index (χ1) is 6.86. The summed E-state index contributed by atoms with van der Waals surface area (Å²) in [6, 6.07) is 3.91. The summed E-state index contributed by atoms with van der Waals surface area (Å²) in [4.78, 5) is 11.0. The Kier molecular flexibility index (Phi) is 3.36. The van der Waals surface area contributed by atoms with Crippen molar-refractivity contribution in [3.63, 3.8) is 0 Å². The summed E-state index contributed by atoms with van der Waals surface area (Å²) in [6.45, 7) is 0. The number of benzene rings is 1. The molecule has 1 aromatic carbocycles. The van der Waals surface area contributed by atoms with E-state index in [0.717, 1.165) is 6.26 Å². The normalized spacial score (nSPS) is 11.1. The molecule has 0 heterocycles. The Morgan fingerprint density at radius 1 is 1.40 bits per heavy atom. The van der Waals surface area contributed by atoms with Crippen molar-refractivity contribution < 1.29 is 17.9 Å². The van der Waals surface area contributed by atoms with Gasteiger partial charge in [-0.2, -0.15) is 0 Å². The zero-order valence-corrected chi connectivity index (χ0v) is 9.72. The van der Waals surface area contributed by atoms with E-state index in [1.165, 1.54) is 25.3 Å². The summed E-state index contributed by atoms with van der Waals surface area (Å²) in [5.41, 5.74) is 0.145. The molecule has 4 nitrogen and oxygen atoms in total. The van der Waals surface area contributed by atoms with Gasteiger partial charge in [0, 0.05) is 6.26 Å². The van der Waals surface area contributed by atoms with Gasteiger partial charge in [0.2, 0.25) is 0 Å². The number of rotatable bonds is 3. The zero-order chi connectivity index (χ0) is 11.6. The molecule has 82 valence electrons. The minimum atomic E-state index is -3.31. The third kappa shape index (κ3) is 2.70. The van der Waals surface area contributed by atoms with E-state index in [4.69, 9.17) is 16.3 Å². The quantitative estimate of drug-likeness (QED) is 0.760. The summed E-state index contributed by atoms with van der Waals surface area (Å²) in [5, 5.41) is -0.688. The minimum absolute atomic E-state index is 0.0843. The number of carbonyl (C=O) groups is 1. The van der Waals surface area contributed by atoms with Crippen LogP contribution in [0.3, 0.4) is 0 Å². The van der Waals surface area contributed by atoms with E-state index in [2.05, 4.69) is 0 Å². The number of carbonyl (C=O) groups excluding carboxylic acids is 1. The largest absolute Gasteiger partial charge is 0.496 e. The third-order valence-corrected chi connectivity index (χ3v) is 3.13. The molecule has 0 aliphatic rings. The summed E-state index contributed by atoms with van der Waals surface area (Å²) in [6.07, 6.45) is 1.07. The van der Waals surface area contributed by atoms with Crippen LogP contribution in [0.4, 0.5) is 0 Å². The zero-order valence-electron chi connectivity index (χ0n) is 8.15. The van der Waals surface area contributed by atoms with Gasteiger partial charge < -0.3 is 4.74 Å². The predicted octanol–water partition coefficient (Wildman–Crippen LogP) is 1.48. The Morgan fingerprint density at radius 3 is 2.40 bits per heavy atom. The fourth-order valence-corrected chi connectivity index (χ4v) is 1.86. The monoisotopic (exact) mass is 248 g/mol. The van der Waals surface area contributed by atoms with E-state index in [1.54, 1.807) is 0 Å². The van der Waals surface area contributed by atoms with Crippen LogP contribution in [0.5, 0.6) is 5.75 Å². The van der Waals surface area contributed by atoms with Crippen LogP contribution < -0.4 is 4.74 Å². The Labute approximate surface area is 92.7 Å². The van der Waals surface area contributed by atoms with Gasteiger partial charge in [-0.05, 0) is 29.8 Å². The molecule has 0 saturated heterocycles. The van der Waals surface area contributed by atoms with Crippen LogP contribution in [0, 0.1) is 0 Å². The molecule has 6 heteroatoms. The summed E-state index contributed by atoms with van der Waals surface area (Å²) in [5.74, 6) is 0.151. The van der Waals surface area contributed by atoms with E-state index in [9.17, 15) is 13.2 Å². The fourth-order valence-electron chi connectivity index (χ4n) is 1.06. The van der Waals surface area contributed by atoms with Crippen molar-refractivity contribution in [3.05, 3.63) is 23.8 Å². The molecule has 0 atom stereocenters. The van der Waals surface area contributed by atoms with Gasteiger partial charge in [-0.15, -0.1) is 0 Å². The van der Waals surface area contributed by atoms with Gasteiger partial charge in [-0.25, -0.2) is 8.42 Å². The second-order valence-electron chi connectivity index (χ2n) is 2.91. The maximum Gasteiger partial charge on any atom is 0.256 e. The second kappa shape index (κ2) is 4.20. The highest BCUT2D eigenvalue weighted by molar-refractivity contribution is 7.90. The highest BCUT2D eigenvalue weighted by Crippen LogP contribution is 2.24. The number of ether oxygens (including phenoxy) is 1. The lowest BCUT2D eigenvalue weighted by atomic mass is 10.2. The summed E-state index contributed by atoms with van der Waals surface area (Å²) in [7, 11) is -1.97. The number of sulfone groups is 1. The van der Waals surface area contributed by atoms with Crippen molar-refractivity contribution in [3.8, 4) is 5.75 Å². The summed E-state index contributed by atoms with van der Waals surface area (Å²) >= 11 is 5.29. The molecule has 0 saturated carbocycles. The van der Waals surface area contributed by atoms with Crippen molar-refractivity contribution in [2.24, 2.45) is 0 Å². The van der Waals surface area contributed by atoms with E-state index < -0.39 is 15.1 Å². The van der Waals surface area contributed by atoms with Crippen molar-refractivity contribution >= 4 is 26.7 Å². The van der Waals surface area contributed by atoms with Crippen LogP contribution in [0.15, 0.2) is 23.1 Å². The molecule has 0 N–H and O–H groups in total. The van der Waals surface area contributed by atoms with Crippen LogP contribution in [0.25, 0.3) is 0 Å². The SMILES string of the molecule is COc1cc(S(C)(=O)=O)ccc1C(=O)Cl. The molecule has 0 spiro atoms. The molecular weight excluding hydrogens is 240 g/mol. The van der Waals surface area contributed by atoms with E-state index in [-0.39, 0.29) is 16.2 Å². The molecule has 1 aromatic rings. The van der Waals surface area contributed by atoms with Gasteiger partial charge in [-0.1, -0.05) is 0 Å². The standard InChI is InChI=1S/C9H9ClO4S/c1-14-8-5-6(15(2,12)13)3-4-7(8)9(10)11/h3-5H,1-2H3. The molecule has 0 fully saturated rings. The minimum Gasteiger partial charge on any atom is -0.496 e. The van der Waals surface area contributed by atoms with Gasteiger partial charge in [0.25, 0.3) is 5.24 Å². The maximum atomic E-state index is 11.2. The van der Waals surface area contributed by atoms with Gasteiger partial charge in [0.15, 0.2) is 9.84 Å². The molecule has 0 bridgehead atoms. The van der Waals surface area contributed by atoms with Crippen LogP contribution in [-0.2, 0) is 9.84 Å². The van der Waals surface area contributed by atoms with Crippen LogP contribution in [0.1, 0.15) is 10.4 Å². The first kappa shape index (κ1) is 12.0. The van der Waals surface area contributed by atoms with Gasteiger partial charge in [0.05, 0.1) is 17.6 Å². The maximum absolute atomic E-state index is 11.2. The first-order valence-corrected chi connectivity index (χ1v) is 6.21. The van der Waals surface area contributed by atoms with Crippen LogP contribution in [-0.4, -0.2) is 27.0 Å². The fraction of sp³-hybridized carbons (Fsp3) is 0.222. The van der Waals surface area contributed by atoms with Crippen LogP contribution >= 0.6 is 11.6 Å². The molecule has 0 radical (unpaired) electrons. The second-order valence-corrected chi connectivity index (χ2v) is 5.27. The molecule has 0 unspecified atom stereocenters. The molecule has 0 aliphatic heterocycles. The highest BCUT2D eigenvalue weighted by atomic mass is 35.5. The topological polar surface area (TPSA) is 60.4 Å². The van der Waals surface area contributed by atoms with Crippen molar-refractivity contribution in [2.45, 2.75) is 4.90 Å². The first-order valence-electron chi connectivity index (χ1n) is 3.94. The Hall–Kier alpha value is -1.07. The highest BCUT2D eigenvalue weighted by Gasteiger charge is 2.14.